The fourth-order valence-electron chi connectivity index (χ4n) is 1.96. The van der Waals surface area contributed by atoms with Gasteiger partial charge in [-0.15, -0.1) is 0 Å². The van der Waals surface area contributed by atoms with Gasteiger partial charge in [0, 0.05) is 0 Å². The van der Waals surface area contributed by atoms with Crippen LogP contribution in [-0.2, 0) is 4.84 Å². The minimum absolute atomic E-state index is 0.116. The fourth-order valence-corrected chi connectivity index (χ4v) is 1.96. The Morgan fingerprint density at radius 1 is 1.36 bits per heavy atom. The summed E-state index contributed by atoms with van der Waals surface area (Å²) < 4.78 is 0. The molecule has 66 valence electrons. The van der Waals surface area contributed by atoms with Gasteiger partial charge in [0.15, 0.2) is 0 Å². The summed E-state index contributed by atoms with van der Waals surface area (Å²) in [5.74, 6) is 6.04. The second kappa shape index (κ2) is 3.55. The lowest BCUT2D eigenvalue weighted by molar-refractivity contribution is -0.0356. The third kappa shape index (κ3) is 2.80. The van der Waals surface area contributed by atoms with Crippen molar-refractivity contribution in [3.8, 4) is 0 Å². The molecule has 0 saturated heterocycles. The summed E-state index contributed by atoms with van der Waals surface area (Å²) in [4.78, 5) is 4.90. The molecule has 1 rings (SSSR count). The summed E-state index contributed by atoms with van der Waals surface area (Å²) in [6.07, 6.45) is 6.64. The van der Waals surface area contributed by atoms with E-state index in [1.807, 2.05) is 0 Å². The lowest BCUT2D eigenvalue weighted by atomic mass is 9.92. The van der Waals surface area contributed by atoms with Gasteiger partial charge >= 0.3 is 0 Å². The predicted octanol–water partition coefficient (Wildman–Crippen LogP) is 2.24. The van der Waals surface area contributed by atoms with Crippen LogP contribution in [0.5, 0.6) is 0 Å². The Hall–Kier alpha value is -0.0800. The number of hydrogen-bond donors (Lipinski definition) is 1. The highest BCUT2D eigenvalue weighted by Gasteiger charge is 2.25. The van der Waals surface area contributed by atoms with Gasteiger partial charge in [-0.2, -0.15) is 0 Å². The van der Waals surface area contributed by atoms with Crippen molar-refractivity contribution < 1.29 is 4.84 Å². The molecular formula is C9H19NO. The van der Waals surface area contributed by atoms with Crippen LogP contribution in [0, 0.1) is 5.92 Å². The molecule has 0 aromatic carbocycles. The molecule has 0 bridgehead atoms. The molecule has 0 aromatic heterocycles. The van der Waals surface area contributed by atoms with Crippen LogP contribution in [0.4, 0.5) is 0 Å². The third-order valence-electron chi connectivity index (χ3n) is 2.57. The zero-order chi connectivity index (χ0) is 8.32. The Bertz CT molecular complexity index is 117. The van der Waals surface area contributed by atoms with E-state index in [4.69, 9.17) is 10.7 Å². The first-order chi connectivity index (χ1) is 5.14. The average molecular weight is 157 g/mol. The molecule has 0 heterocycles. The molecular weight excluding hydrogens is 138 g/mol. The van der Waals surface area contributed by atoms with E-state index < -0.39 is 0 Å². The standard InChI is InChI=1S/C9H19NO/c1-9(2,11-10)7-8-5-3-4-6-8/h8H,3-7,10H2,1-2H3. The van der Waals surface area contributed by atoms with Gasteiger partial charge in [-0.3, -0.25) is 4.84 Å². The monoisotopic (exact) mass is 157 g/mol. The molecule has 0 spiro atoms. The Labute approximate surface area is 69.1 Å². The summed E-state index contributed by atoms with van der Waals surface area (Å²) in [7, 11) is 0. The van der Waals surface area contributed by atoms with Gasteiger partial charge in [0.1, 0.15) is 0 Å². The molecule has 0 aromatic rings. The van der Waals surface area contributed by atoms with Gasteiger partial charge in [0.2, 0.25) is 0 Å². The number of nitrogens with two attached hydrogens (primary N) is 1. The van der Waals surface area contributed by atoms with Crippen molar-refractivity contribution in [2.45, 2.75) is 51.6 Å². The van der Waals surface area contributed by atoms with E-state index >= 15 is 0 Å². The van der Waals surface area contributed by atoms with Crippen LogP contribution in [0.2, 0.25) is 0 Å². The smallest absolute Gasteiger partial charge is 0.0840 e. The van der Waals surface area contributed by atoms with Crippen LogP contribution in [0.25, 0.3) is 0 Å². The zero-order valence-corrected chi connectivity index (χ0v) is 7.60. The molecule has 1 aliphatic carbocycles. The van der Waals surface area contributed by atoms with Gasteiger partial charge in [0.25, 0.3) is 0 Å². The Balaban J connectivity index is 2.28. The first kappa shape index (κ1) is 9.01. The summed E-state index contributed by atoms with van der Waals surface area (Å²) >= 11 is 0. The van der Waals surface area contributed by atoms with Crippen LogP contribution >= 0.6 is 0 Å². The van der Waals surface area contributed by atoms with Crippen LogP contribution in [0.15, 0.2) is 0 Å². The van der Waals surface area contributed by atoms with Crippen molar-refractivity contribution in [1.29, 1.82) is 0 Å². The summed E-state index contributed by atoms with van der Waals surface area (Å²) in [6, 6.07) is 0. The van der Waals surface area contributed by atoms with Crippen LogP contribution in [0.1, 0.15) is 46.0 Å². The van der Waals surface area contributed by atoms with Crippen LogP contribution < -0.4 is 5.90 Å². The van der Waals surface area contributed by atoms with Gasteiger partial charge in [-0.1, -0.05) is 25.7 Å². The quantitative estimate of drug-likeness (QED) is 0.638. The molecule has 0 radical (unpaired) electrons. The van der Waals surface area contributed by atoms with Gasteiger partial charge in [-0.05, 0) is 26.2 Å². The topological polar surface area (TPSA) is 35.2 Å². The van der Waals surface area contributed by atoms with Gasteiger partial charge in [-0.25, -0.2) is 5.90 Å². The van der Waals surface area contributed by atoms with E-state index in [0.29, 0.717) is 0 Å². The summed E-state index contributed by atoms with van der Waals surface area (Å²) in [5, 5.41) is 0. The fraction of sp³-hybridized carbons (Fsp3) is 1.00. The second-order valence-corrected chi connectivity index (χ2v) is 4.23. The molecule has 2 N–H and O–H groups in total. The van der Waals surface area contributed by atoms with E-state index in [1.54, 1.807) is 0 Å². The first-order valence-corrected chi connectivity index (χ1v) is 4.52. The lowest BCUT2D eigenvalue weighted by Gasteiger charge is -2.24. The van der Waals surface area contributed by atoms with E-state index in [9.17, 15) is 0 Å². The first-order valence-electron chi connectivity index (χ1n) is 4.52. The van der Waals surface area contributed by atoms with Crippen LogP contribution in [0.3, 0.4) is 0 Å². The maximum Gasteiger partial charge on any atom is 0.0840 e. The summed E-state index contributed by atoms with van der Waals surface area (Å²) in [5.41, 5.74) is -0.116. The minimum Gasteiger partial charge on any atom is -0.299 e. The molecule has 0 amide bonds. The molecule has 1 fully saturated rings. The molecule has 11 heavy (non-hydrogen) atoms. The molecule has 1 aliphatic rings. The normalized spacial score (nSPS) is 21.0. The molecule has 0 aliphatic heterocycles. The molecule has 0 unspecified atom stereocenters. The maximum absolute atomic E-state index is 5.18. The van der Waals surface area contributed by atoms with Crippen molar-refractivity contribution in [1.82, 2.24) is 0 Å². The van der Waals surface area contributed by atoms with Gasteiger partial charge < -0.3 is 0 Å². The highest BCUT2D eigenvalue weighted by molar-refractivity contribution is 4.76. The average Bonchev–Trinajstić information content (AvgIpc) is 2.39. The molecule has 0 atom stereocenters. The molecule has 1 saturated carbocycles. The van der Waals surface area contributed by atoms with Crippen molar-refractivity contribution in [2.75, 3.05) is 0 Å². The molecule has 2 nitrogen and oxygen atoms in total. The van der Waals surface area contributed by atoms with E-state index in [2.05, 4.69) is 13.8 Å². The van der Waals surface area contributed by atoms with Crippen molar-refractivity contribution in [3.63, 3.8) is 0 Å². The van der Waals surface area contributed by atoms with Crippen LogP contribution in [-0.4, -0.2) is 5.60 Å². The van der Waals surface area contributed by atoms with Gasteiger partial charge in [0.05, 0.1) is 5.60 Å². The highest BCUT2D eigenvalue weighted by atomic mass is 16.6. The predicted molar refractivity (Wildman–Crippen MR) is 45.9 cm³/mol. The van der Waals surface area contributed by atoms with Crippen molar-refractivity contribution in [2.24, 2.45) is 11.8 Å². The van der Waals surface area contributed by atoms with E-state index in [1.165, 1.54) is 25.7 Å². The third-order valence-corrected chi connectivity index (χ3v) is 2.57. The number of rotatable bonds is 3. The highest BCUT2D eigenvalue weighted by Crippen LogP contribution is 2.32. The minimum atomic E-state index is -0.116. The number of hydrogen-bond acceptors (Lipinski definition) is 2. The summed E-state index contributed by atoms with van der Waals surface area (Å²) in [6.45, 7) is 4.12. The zero-order valence-electron chi connectivity index (χ0n) is 7.60. The Kier molecular flexibility index (Phi) is 2.90. The second-order valence-electron chi connectivity index (χ2n) is 4.23. The van der Waals surface area contributed by atoms with Crippen molar-refractivity contribution in [3.05, 3.63) is 0 Å². The SMILES string of the molecule is CC(C)(CC1CCCC1)ON. The van der Waals surface area contributed by atoms with E-state index in [-0.39, 0.29) is 5.60 Å². The maximum atomic E-state index is 5.18. The van der Waals surface area contributed by atoms with E-state index in [0.717, 1.165) is 12.3 Å². The molecule has 2 heteroatoms. The Morgan fingerprint density at radius 2 is 1.91 bits per heavy atom. The largest absolute Gasteiger partial charge is 0.299 e. The Morgan fingerprint density at radius 3 is 2.36 bits per heavy atom. The lowest BCUT2D eigenvalue weighted by Crippen LogP contribution is -2.30. The van der Waals surface area contributed by atoms with Crippen molar-refractivity contribution >= 4 is 0 Å².